The molecule has 0 amide bonds. The van der Waals surface area contributed by atoms with Crippen LogP contribution in [0.2, 0.25) is 0 Å². The molecule has 1 aliphatic heterocycles. The lowest BCUT2D eigenvalue weighted by molar-refractivity contribution is -0.160. The first-order valence-electron chi connectivity index (χ1n) is 26.4. The minimum absolute atomic E-state index is 0.0163. The van der Waals surface area contributed by atoms with Crippen LogP contribution < -0.4 is 0 Å². The zero-order valence-corrected chi connectivity index (χ0v) is 44.6. The molecular formula is C59H89BO7. The Morgan fingerprint density at radius 2 is 1.54 bits per heavy atom. The minimum Gasteiger partial charge on any atom is -0.466 e. The summed E-state index contributed by atoms with van der Waals surface area (Å²) in [4.78, 5) is 35.5. The molecule has 370 valence electrons. The van der Waals surface area contributed by atoms with Gasteiger partial charge in [-0.3, -0.25) is 14.4 Å². The number of benzene rings is 1. The van der Waals surface area contributed by atoms with E-state index in [2.05, 4.69) is 114 Å². The Bertz CT molecular complexity index is 2070. The van der Waals surface area contributed by atoms with E-state index in [9.17, 15) is 14.4 Å². The maximum Gasteiger partial charge on any atom is 0.490 e. The van der Waals surface area contributed by atoms with Crippen LogP contribution in [0.25, 0.3) is 0 Å². The molecule has 0 bridgehead atoms. The molecule has 6 aliphatic carbocycles. The fourth-order valence-electron chi connectivity index (χ4n) is 15.4. The van der Waals surface area contributed by atoms with Gasteiger partial charge in [-0.05, 0) is 198 Å². The van der Waals surface area contributed by atoms with Crippen molar-refractivity contribution in [2.75, 3.05) is 6.61 Å². The van der Waals surface area contributed by atoms with Gasteiger partial charge in [0.15, 0.2) is 5.78 Å². The molecule has 8 rings (SSSR count). The molecule has 4 fully saturated rings. The number of rotatable bonds is 10. The van der Waals surface area contributed by atoms with Gasteiger partial charge in [0.25, 0.3) is 6.47 Å². The van der Waals surface area contributed by atoms with Gasteiger partial charge in [0.1, 0.15) is 6.61 Å². The van der Waals surface area contributed by atoms with E-state index in [1.165, 1.54) is 61.6 Å². The van der Waals surface area contributed by atoms with Crippen LogP contribution in [0.4, 0.5) is 0 Å². The number of Topliss-reactive ketones (excluding diaryl/α,β-unsaturated/α-hetero) is 1. The molecule has 1 aromatic rings. The fourth-order valence-corrected chi connectivity index (χ4v) is 15.4. The first-order chi connectivity index (χ1) is 31.5. The molecule has 0 spiro atoms. The van der Waals surface area contributed by atoms with Crippen LogP contribution in [-0.2, 0) is 39.8 Å². The summed E-state index contributed by atoms with van der Waals surface area (Å²) in [5, 5.41) is 0. The van der Waals surface area contributed by atoms with E-state index in [1.807, 2.05) is 37.3 Å². The van der Waals surface area contributed by atoms with E-state index >= 15 is 0 Å². The summed E-state index contributed by atoms with van der Waals surface area (Å²) in [6.07, 6.45) is 19.1. The van der Waals surface area contributed by atoms with Gasteiger partial charge < -0.3 is 18.8 Å². The van der Waals surface area contributed by atoms with Crippen molar-refractivity contribution in [2.45, 2.75) is 205 Å². The Balaban J connectivity index is 0.000000241. The SMILES string of the molecule is C/C=C(\CCC)B1OC(C)(C)C(C)(C)O1.CCOC(=O)C1CC=C(C2=C(C)CC3(C)C(CCC4(C)C5CCC6(C)CC(=O)C(C(C)C)=C6C5CCC43)C2(C)C)CC1.O=COCc1ccccc1. The Morgan fingerprint density at radius 3 is 2.10 bits per heavy atom. The third-order valence-electron chi connectivity index (χ3n) is 18.8. The third kappa shape index (κ3) is 10.2. The highest BCUT2D eigenvalue weighted by molar-refractivity contribution is 6.54. The quantitative estimate of drug-likeness (QED) is 0.131. The lowest BCUT2D eigenvalue weighted by Crippen LogP contribution is -2.60. The molecule has 1 saturated heterocycles. The van der Waals surface area contributed by atoms with E-state index < -0.39 is 0 Å². The number of ether oxygens (including phenoxy) is 2. The van der Waals surface area contributed by atoms with E-state index in [0.717, 1.165) is 50.0 Å². The smallest absolute Gasteiger partial charge is 0.466 e. The predicted octanol–water partition coefficient (Wildman–Crippen LogP) is 14.5. The number of carbonyl (C=O) groups excluding carboxylic acids is 3. The average Bonchev–Trinajstić information content (AvgIpc) is 3.67. The summed E-state index contributed by atoms with van der Waals surface area (Å²) in [7, 11) is -0.153. The average molecular weight is 921 g/mol. The molecular weight excluding hydrogens is 831 g/mol. The number of fused-ring (bicyclic) bond motifs is 7. The van der Waals surface area contributed by atoms with Gasteiger partial charge in [-0.2, -0.15) is 0 Å². The number of hydrogen-bond donors (Lipinski definition) is 0. The summed E-state index contributed by atoms with van der Waals surface area (Å²) in [6, 6.07) is 9.55. The number of allylic oxidation sites excluding steroid dienone is 8. The van der Waals surface area contributed by atoms with Crippen molar-refractivity contribution >= 4 is 25.3 Å². The van der Waals surface area contributed by atoms with Gasteiger partial charge in [-0.15, -0.1) is 0 Å². The highest BCUT2D eigenvalue weighted by Gasteiger charge is 2.65. The van der Waals surface area contributed by atoms with E-state index in [4.69, 9.17) is 14.0 Å². The van der Waals surface area contributed by atoms with Crippen LogP contribution in [0.15, 0.2) is 75.8 Å². The van der Waals surface area contributed by atoms with Crippen molar-refractivity contribution in [3.05, 3.63) is 81.4 Å². The normalized spacial score (nSPS) is 33.8. The highest BCUT2D eigenvalue weighted by atomic mass is 16.7. The summed E-state index contributed by atoms with van der Waals surface area (Å²) >= 11 is 0. The Hall–Kier alpha value is -3.23. The van der Waals surface area contributed by atoms with Gasteiger partial charge >= 0.3 is 13.1 Å². The molecule has 67 heavy (non-hydrogen) atoms. The van der Waals surface area contributed by atoms with Crippen LogP contribution in [0.5, 0.6) is 0 Å². The van der Waals surface area contributed by atoms with Crippen LogP contribution in [-0.4, -0.2) is 43.2 Å². The van der Waals surface area contributed by atoms with E-state index in [-0.39, 0.29) is 41.0 Å². The molecule has 8 atom stereocenters. The van der Waals surface area contributed by atoms with Crippen molar-refractivity contribution in [2.24, 2.45) is 57.2 Å². The molecule has 0 N–H and O–H groups in total. The van der Waals surface area contributed by atoms with Crippen molar-refractivity contribution < 1.29 is 33.2 Å². The van der Waals surface area contributed by atoms with E-state index in [1.54, 1.807) is 16.7 Å². The van der Waals surface area contributed by atoms with Crippen molar-refractivity contribution in [1.82, 2.24) is 0 Å². The van der Waals surface area contributed by atoms with Gasteiger partial charge in [0.05, 0.1) is 23.7 Å². The number of carbonyl (C=O) groups is 3. The van der Waals surface area contributed by atoms with Crippen molar-refractivity contribution in [3.63, 3.8) is 0 Å². The van der Waals surface area contributed by atoms with Gasteiger partial charge in [-0.1, -0.05) is 115 Å². The molecule has 7 aliphatic rings. The molecule has 1 heterocycles. The van der Waals surface area contributed by atoms with Crippen LogP contribution >= 0.6 is 0 Å². The van der Waals surface area contributed by atoms with Crippen LogP contribution in [0.3, 0.4) is 0 Å². The molecule has 3 saturated carbocycles. The van der Waals surface area contributed by atoms with Crippen LogP contribution in [0, 0.1) is 57.2 Å². The molecule has 7 nitrogen and oxygen atoms in total. The number of esters is 1. The minimum atomic E-state index is -0.223. The first kappa shape index (κ1) is 53.1. The molecule has 0 radical (unpaired) electrons. The molecule has 1 aromatic carbocycles. The maximum absolute atomic E-state index is 13.3. The Kier molecular flexibility index (Phi) is 16.4. The van der Waals surface area contributed by atoms with Gasteiger partial charge in [-0.25, -0.2) is 0 Å². The lowest BCUT2D eigenvalue weighted by atomic mass is 9.36. The summed E-state index contributed by atoms with van der Waals surface area (Å²) in [6.45, 7) is 35.6. The monoisotopic (exact) mass is 921 g/mol. The van der Waals surface area contributed by atoms with Crippen molar-refractivity contribution in [3.8, 4) is 0 Å². The number of hydrogen-bond acceptors (Lipinski definition) is 7. The van der Waals surface area contributed by atoms with Crippen molar-refractivity contribution in [1.29, 1.82) is 0 Å². The van der Waals surface area contributed by atoms with Gasteiger partial charge in [0, 0.05) is 6.42 Å². The van der Waals surface area contributed by atoms with Gasteiger partial charge in [0.2, 0.25) is 0 Å². The Labute approximate surface area is 407 Å². The maximum atomic E-state index is 13.3. The topological polar surface area (TPSA) is 88.1 Å². The second-order valence-electron chi connectivity index (χ2n) is 24.2. The predicted molar refractivity (Wildman–Crippen MR) is 273 cm³/mol. The Morgan fingerprint density at radius 1 is 0.866 bits per heavy atom. The fraction of sp³-hybridized carbons (Fsp3) is 0.712. The highest BCUT2D eigenvalue weighted by Crippen LogP contribution is 2.73. The summed E-state index contributed by atoms with van der Waals surface area (Å²) in [5.41, 5.74) is 10.3. The molecule has 0 aromatic heterocycles. The zero-order valence-electron chi connectivity index (χ0n) is 44.6. The largest absolute Gasteiger partial charge is 0.490 e. The number of ketones is 1. The second-order valence-corrected chi connectivity index (χ2v) is 24.2. The third-order valence-corrected chi connectivity index (χ3v) is 18.8. The lowest BCUT2D eigenvalue weighted by Gasteiger charge is -2.68. The zero-order chi connectivity index (χ0) is 49.3. The summed E-state index contributed by atoms with van der Waals surface area (Å²) in [5.74, 6) is 3.54. The summed E-state index contributed by atoms with van der Waals surface area (Å²) < 4.78 is 21.9. The van der Waals surface area contributed by atoms with E-state index in [0.29, 0.717) is 60.0 Å². The standard InChI is InChI=1S/C39H58O3.C12H23BO2.C8H8O2/c1-10-42-35(41)26-13-11-25(12-14-26)33-24(4)21-39(9)30(36(33,5)6)18-20-38(8)28-17-19-37(7)22-29(40)32(23(2)3)34(37)27(28)15-16-31(38)39;1-7-9-10(8-2)13-14-11(3,4)12(5,6)15-13;9-7-10-6-8-4-2-1-3-5-8/h11,23,26-28,30-31H,10,12-22H2,1-9H3;8H,7,9H2,1-6H3;1-5,7H,6H2/b;10-8+;. The molecule has 8 heteroatoms. The first-order valence-corrected chi connectivity index (χ1v) is 26.4. The second kappa shape index (κ2) is 20.6. The van der Waals surface area contributed by atoms with Crippen LogP contribution in [0.1, 0.15) is 193 Å². The molecule has 8 unspecified atom stereocenters.